The van der Waals surface area contributed by atoms with E-state index in [2.05, 4.69) is 5.32 Å². The highest BCUT2D eigenvalue weighted by atomic mass is 32.2. The number of nitrogens with two attached hydrogens (primary N) is 1. The third-order valence-electron chi connectivity index (χ3n) is 2.56. The highest BCUT2D eigenvalue weighted by molar-refractivity contribution is 7.89. The van der Waals surface area contributed by atoms with Crippen LogP contribution in [-0.4, -0.2) is 26.9 Å². The lowest BCUT2D eigenvalue weighted by Gasteiger charge is -2.15. The van der Waals surface area contributed by atoms with Gasteiger partial charge in [-0.05, 0) is 25.5 Å². The van der Waals surface area contributed by atoms with Gasteiger partial charge >= 0.3 is 0 Å². The van der Waals surface area contributed by atoms with Crippen LogP contribution in [0.5, 0.6) is 0 Å². The second-order valence-electron chi connectivity index (χ2n) is 4.45. The van der Waals surface area contributed by atoms with Gasteiger partial charge in [0.2, 0.25) is 15.9 Å². The summed E-state index contributed by atoms with van der Waals surface area (Å²) in [7, 11) is -4.52. The lowest BCUT2D eigenvalue weighted by molar-refractivity contribution is -0.122. The normalized spacial score (nSPS) is 13.0. The molecule has 0 spiro atoms. The number of rotatable bonds is 6. The van der Waals surface area contributed by atoms with Gasteiger partial charge in [-0.2, -0.15) is 4.72 Å². The Hall–Kier alpha value is -1.74. The molecule has 0 aromatic heterocycles. The summed E-state index contributed by atoms with van der Waals surface area (Å²) < 4.78 is 53.1. The largest absolute Gasteiger partial charge is 0.399 e. The van der Waals surface area contributed by atoms with Crippen LogP contribution in [0.25, 0.3) is 0 Å². The van der Waals surface area contributed by atoms with Crippen LogP contribution in [-0.2, 0) is 14.8 Å². The first kappa shape index (κ1) is 17.3. The molecule has 9 heteroatoms. The molecule has 0 bridgehead atoms. The predicted molar refractivity (Wildman–Crippen MR) is 73.9 cm³/mol. The van der Waals surface area contributed by atoms with Crippen molar-refractivity contribution in [3.05, 3.63) is 23.8 Å². The molecule has 4 N–H and O–H groups in total. The van der Waals surface area contributed by atoms with Crippen LogP contribution in [0.4, 0.5) is 14.5 Å². The SMILES string of the molecule is CCCNC(=O)C(C)NS(=O)(=O)c1c(F)cc(N)cc1F. The summed E-state index contributed by atoms with van der Waals surface area (Å²) in [5, 5.41) is 2.47. The zero-order valence-corrected chi connectivity index (χ0v) is 12.4. The fourth-order valence-corrected chi connectivity index (χ4v) is 2.90. The van der Waals surface area contributed by atoms with Crippen LogP contribution < -0.4 is 15.8 Å². The fourth-order valence-electron chi connectivity index (χ4n) is 1.58. The predicted octanol–water partition coefficient (Wildman–Crippen LogP) is 0.740. The molecular weight excluding hydrogens is 304 g/mol. The molecule has 21 heavy (non-hydrogen) atoms. The molecule has 0 aliphatic rings. The van der Waals surface area contributed by atoms with E-state index in [1.165, 1.54) is 6.92 Å². The van der Waals surface area contributed by atoms with E-state index in [1.54, 1.807) is 0 Å². The molecule has 0 saturated carbocycles. The summed E-state index contributed by atoms with van der Waals surface area (Å²) >= 11 is 0. The maximum atomic E-state index is 13.6. The molecular formula is C12H17F2N3O3S. The molecule has 0 aliphatic heterocycles. The minimum absolute atomic E-state index is 0.238. The van der Waals surface area contributed by atoms with Gasteiger partial charge < -0.3 is 11.1 Å². The minimum atomic E-state index is -4.52. The van der Waals surface area contributed by atoms with Crippen molar-refractivity contribution in [3.8, 4) is 0 Å². The standard InChI is InChI=1S/C12H17F2N3O3S/c1-3-4-16-12(18)7(2)17-21(19,20)11-9(13)5-8(15)6-10(11)14/h5-7,17H,3-4,15H2,1-2H3,(H,16,18). The molecule has 1 amide bonds. The van der Waals surface area contributed by atoms with Crippen LogP contribution in [0, 0.1) is 11.6 Å². The summed E-state index contributed by atoms with van der Waals surface area (Å²) in [6.45, 7) is 3.47. The number of hydrogen-bond donors (Lipinski definition) is 3. The Morgan fingerprint density at radius 3 is 2.33 bits per heavy atom. The van der Waals surface area contributed by atoms with Gasteiger partial charge in [0, 0.05) is 12.2 Å². The highest BCUT2D eigenvalue weighted by Gasteiger charge is 2.28. The number of carbonyl (C=O) groups excluding carboxylic acids is 1. The van der Waals surface area contributed by atoms with Crippen molar-refractivity contribution in [1.82, 2.24) is 10.0 Å². The second-order valence-corrected chi connectivity index (χ2v) is 6.10. The quantitative estimate of drug-likeness (QED) is 0.673. The number of hydrogen-bond acceptors (Lipinski definition) is 4. The number of amides is 1. The fraction of sp³-hybridized carbons (Fsp3) is 0.417. The van der Waals surface area contributed by atoms with Crippen molar-refractivity contribution < 1.29 is 22.0 Å². The monoisotopic (exact) mass is 321 g/mol. The van der Waals surface area contributed by atoms with E-state index in [1.807, 2.05) is 11.6 Å². The van der Waals surface area contributed by atoms with Crippen molar-refractivity contribution in [1.29, 1.82) is 0 Å². The van der Waals surface area contributed by atoms with Crippen molar-refractivity contribution >= 4 is 21.6 Å². The van der Waals surface area contributed by atoms with Gasteiger partial charge in [0.25, 0.3) is 0 Å². The van der Waals surface area contributed by atoms with E-state index in [0.29, 0.717) is 25.1 Å². The summed E-state index contributed by atoms with van der Waals surface area (Å²) in [5.74, 6) is -3.22. The minimum Gasteiger partial charge on any atom is -0.399 e. The van der Waals surface area contributed by atoms with Gasteiger partial charge in [-0.1, -0.05) is 6.92 Å². The second kappa shape index (κ2) is 6.81. The number of nitrogens with one attached hydrogen (secondary N) is 2. The lowest BCUT2D eigenvalue weighted by atomic mass is 10.3. The highest BCUT2D eigenvalue weighted by Crippen LogP contribution is 2.21. The topological polar surface area (TPSA) is 101 Å². The third-order valence-corrected chi connectivity index (χ3v) is 4.16. The van der Waals surface area contributed by atoms with Crippen molar-refractivity contribution in [2.75, 3.05) is 12.3 Å². The molecule has 118 valence electrons. The van der Waals surface area contributed by atoms with Crippen LogP contribution in [0.1, 0.15) is 20.3 Å². The molecule has 1 atom stereocenters. The molecule has 1 aromatic rings. The third kappa shape index (κ3) is 4.36. The number of anilines is 1. The Morgan fingerprint density at radius 1 is 1.33 bits per heavy atom. The molecule has 0 radical (unpaired) electrons. The zero-order chi connectivity index (χ0) is 16.2. The van der Waals surface area contributed by atoms with Gasteiger partial charge in [-0.15, -0.1) is 0 Å². The molecule has 1 rings (SSSR count). The molecule has 0 heterocycles. The van der Waals surface area contributed by atoms with Crippen LogP contribution >= 0.6 is 0 Å². The smallest absolute Gasteiger partial charge is 0.247 e. The summed E-state index contributed by atoms with van der Waals surface area (Å²) in [5.41, 5.74) is 4.98. The Morgan fingerprint density at radius 2 is 1.86 bits per heavy atom. The first-order valence-corrected chi connectivity index (χ1v) is 7.72. The maximum absolute atomic E-state index is 13.6. The Labute approximate surface area is 121 Å². The van der Waals surface area contributed by atoms with Crippen LogP contribution in [0.2, 0.25) is 0 Å². The summed E-state index contributed by atoms with van der Waals surface area (Å²) in [4.78, 5) is 10.4. The van der Waals surface area contributed by atoms with Crippen LogP contribution in [0.3, 0.4) is 0 Å². The van der Waals surface area contributed by atoms with E-state index in [4.69, 9.17) is 5.73 Å². The number of sulfonamides is 1. The number of benzene rings is 1. The number of halogens is 2. The molecule has 0 fully saturated rings. The molecule has 0 saturated heterocycles. The first-order chi connectivity index (χ1) is 9.69. The van der Waals surface area contributed by atoms with E-state index in [0.717, 1.165) is 0 Å². The maximum Gasteiger partial charge on any atom is 0.247 e. The van der Waals surface area contributed by atoms with Gasteiger partial charge in [-0.25, -0.2) is 17.2 Å². The van der Waals surface area contributed by atoms with Crippen molar-refractivity contribution in [2.45, 2.75) is 31.2 Å². The molecule has 1 aromatic carbocycles. The van der Waals surface area contributed by atoms with Crippen molar-refractivity contribution in [2.24, 2.45) is 0 Å². The van der Waals surface area contributed by atoms with Gasteiger partial charge in [0.05, 0.1) is 6.04 Å². The first-order valence-electron chi connectivity index (χ1n) is 6.23. The zero-order valence-electron chi connectivity index (χ0n) is 11.6. The lowest BCUT2D eigenvalue weighted by Crippen LogP contribution is -2.45. The summed E-state index contributed by atoms with van der Waals surface area (Å²) in [6.07, 6.45) is 0.673. The Bertz CT molecular complexity index is 612. The van der Waals surface area contributed by atoms with E-state index >= 15 is 0 Å². The average molecular weight is 321 g/mol. The van der Waals surface area contributed by atoms with E-state index < -0.39 is 38.5 Å². The Kier molecular flexibility index (Phi) is 5.62. The average Bonchev–Trinajstić information content (AvgIpc) is 2.33. The molecule has 0 aliphatic carbocycles. The van der Waals surface area contributed by atoms with E-state index in [9.17, 15) is 22.0 Å². The van der Waals surface area contributed by atoms with Crippen LogP contribution in [0.15, 0.2) is 17.0 Å². The van der Waals surface area contributed by atoms with E-state index in [-0.39, 0.29) is 5.69 Å². The van der Waals surface area contributed by atoms with Gasteiger partial charge in [-0.3, -0.25) is 4.79 Å². The molecule has 1 unspecified atom stereocenters. The Balaban J connectivity index is 3.00. The van der Waals surface area contributed by atoms with Gasteiger partial charge in [0.15, 0.2) is 4.90 Å². The number of nitrogen functional groups attached to an aromatic ring is 1. The van der Waals surface area contributed by atoms with Gasteiger partial charge in [0.1, 0.15) is 11.6 Å². The summed E-state index contributed by atoms with van der Waals surface area (Å²) in [6, 6.07) is 0.219. The molecule has 6 nitrogen and oxygen atoms in total. The number of carbonyl (C=O) groups is 1. The van der Waals surface area contributed by atoms with Crippen molar-refractivity contribution in [3.63, 3.8) is 0 Å².